The van der Waals surface area contributed by atoms with Crippen molar-refractivity contribution < 1.29 is 36.9 Å². The topological polar surface area (TPSA) is 81.3 Å². The van der Waals surface area contributed by atoms with Crippen LogP contribution in [0.2, 0.25) is 0 Å². The number of benzene rings is 2. The minimum absolute atomic E-state index is 0.118. The second-order valence-corrected chi connectivity index (χ2v) is 7.56. The molecule has 2 N–H and O–H groups in total. The zero-order chi connectivity index (χ0) is 24.9. The summed E-state index contributed by atoms with van der Waals surface area (Å²) in [5, 5.41) is 5.04. The van der Waals surface area contributed by atoms with Gasteiger partial charge in [-0.05, 0) is 42.5 Å². The van der Waals surface area contributed by atoms with Gasteiger partial charge in [-0.15, -0.1) is 0 Å². The number of ether oxygens (including phenoxy) is 4. The number of carbonyl (C=O) groups is 1. The quantitative estimate of drug-likeness (QED) is 0.583. The zero-order valence-corrected chi connectivity index (χ0v) is 19.6. The van der Waals surface area contributed by atoms with Gasteiger partial charge in [-0.1, -0.05) is 0 Å². The molecule has 0 unspecified atom stereocenters. The van der Waals surface area contributed by atoms with Gasteiger partial charge in [-0.2, -0.15) is 13.2 Å². The third kappa shape index (κ3) is 5.81. The molecule has 0 aliphatic carbocycles. The molecule has 34 heavy (non-hydrogen) atoms. The Bertz CT molecular complexity index is 1030. The number of nitrogens with one attached hydrogen (secondary N) is 2. The summed E-state index contributed by atoms with van der Waals surface area (Å²) in [5.41, 5.74) is -0.0607. The van der Waals surface area contributed by atoms with E-state index < -0.39 is 17.6 Å². The fourth-order valence-electron chi connectivity index (χ4n) is 3.43. The van der Waals surface area contributed by atoms with Crippen LogP contribution in [-0.2, 0) is 10.9 Å². The molecule has 2 aromatic rings. The van der Waals surface area contributed by atoms with Crippen LogP contribution in [0.15, 0.2) is 30.3 Å². The summed E-state index contributed by atoms with van der Waals surface area (Å²) in [6, 6.07) is 6.21. The number of rotatable bonds is 6. The Hall–Kier alpha value is -3.25. The molecule has 0 atom stereocenters. The van der Waals surface area contributed by atoms with Gasteiger partial charge in [-0.25, -0.2) is 0 Å². The van der Waals surface area contributed by atoms with E-state index in [2.05, 4.69) is 10.6 Å². The Morgan fingerprint density at radius 2 is 1.65 bits per heavy atom. The summed E-state index contributed by atoms with van der Waals surface area (Å²) >= 11 is 5.23. The summed E-state index contributed by atoms with van der Waals surface area (Å²) in [6.07, 6.45) is -4.54. The van der Waals surface area contributed by atoms with E-state index in [9.17, 15) is 18.0 Å². The number of alkyl halides is 3. The summed E-state index contributed by atoms with van der Waals surface area (Å²) < 4.78 is 61.0. The fourth-order valence-corrected chi connectivity index (χ4v) is 3.64. The maximum atomic E-state index is 13.3. The monoisotopic (exact) mass is 499 g/mol. The molecule has 184 valence electrons. The number of methoxy groups -OCH3 is 3. The molecule has 1 saturated heterocycles. The highest BCUT2D eigenvalue weighted by Crippen LogP contribution is 2.38. The van der Waals surface area contributed by atoms with Crippen molar-refractivity contribution in [3.8, 4) is 17.2 Å². The first kappa shape index (κ1) is 25.4. The Balaban J connectivity index is 1.84. The van der Waals surface area contributed by atoms with Crippen LogP contribution >= 0.6 is 12.2 Å². The molecule has 1 amide bonds. The van der Waals surface area contributed by atoms with Crippen LogP contribution in [-0.4, -0.2) is 58.7 Å². The van der Waals surface area contributed by atoms with Crippen molar-refractivity contribution in [3.63, 3.8) is 0 Å². The molecule has 0 bridgehead atoms. The van der Waals surface area contributed by atoms with Crippen LogP contribution in [0, 0.1) is 0 Å². The van der Waals surface area contributed by atoms with Crippen LogP contribution < -0.4 is 29.7 Å². The van der Waals surface area contributed by atoms with E-state index in [1.165, 1.54) is 39.5 Å². The minimum atomic E-state index is -4.54. The first-order chi connectivity index (χ1) is 16.2. The smallest absolute Gasteiger partial charge is 0.416 e. The number of nitrogens with zero attached hydrogens (tertiary/aromatic N) is 1. The van der Waals surface area contributed by atoms with Crippen molar-refractivity contribution >= 4 is 34.6 Å². The number of halogens is 3. The van der Waals surface area contributed by atoms with Gasteiger partial charge < -0.3 is 29.2 Å². The normalized spacial score (nSPS) is 13.8. The first-order valence-electron chi connectivity index (χ1n) is 10.1. The number of anilines is 2. The largest absolute Gasteiger partial charge is 0.493 e. The van der Waals surface area contributed by atoms with Crippen LogP contribution in [0.3, 0.4) is 0 Å². The molecule has 3 rings (SSSR count). The zero-order valence-electron chi connectivity index (χ0n) is 18.7. The predicted molar refractivity (Wildman–Crippen MR) is 124 cm³/mol. The molecule has 1 fully saturated rings. The summed E-state index contributed by atoms with van der Waals surface area (Å²) in [6.45, 7) is 1.90. The number of hydrogen-bond donors (Lipinski definition) is 2. The minimum Gasteiger partial charge on any atom is -0.493 e. The fraction of sp³-hybridized carbons (Fsp3) is 0.364. The highest BCUT2D eigenvalue weighted by molar-refractivity contribution is 7.80. The summed E-state index contributed by atoms with van der Waals surface area (Å²) in [7, 11) is 4.25. The van der Waals surface area contributed by atoms with Crippen molar-refractivity contribution in [2.75, 3.05) is 57.8 Å². The van der Waals surface area contributed by atoms with Crippen LogP contribution in [0.25, 0.3) is 0 Å². The van der Waals surface area contributed by atoms with Gasteiger partial charge in [0.15, 0.2) is 16.6 Å². The van der Waals surface area contributed by atoms with E-state index >= 15 is 0 Å². The Morgan fingerprint density at radius 1 is 1.03 bits per heavy atom. The Kier molecular flexibility index (Phi) is 8.05. The lowest BCUT2D eigenvalue weighted by Crippen LogP contribution is -2.38. The average molecular weight is 500 g/mol. The number of hydrogen-bond acceptors (Lipinski definition) is 7. The molecule has 0 spiro atoms. The van der Waals surface area contributed by atoms with Gasteiger partial charge in [0.2, 0.25) is 5.75 Å². The predicted octanol–water partition coefficient (Wildman–Crippen LogP) is 3.69. The van der Waals surface area contributed by atoms with E-state index in [0.717, 1.165) is 12.1 Å². The second kappa shape index (κ2) is 10.8. The van der Waals surface area contributed by atoms with Gasteiger partial charge >= 0.3 is 6.18 Å². The highest BCUT2D eigenvalue weighted by atomic mass is 32.1. The number of amides is 1. The Morgan fingerprint density at radius 3 is 2.18 bits per heavy atom. The lowest BCUT2D eigenvalue weighted by atomic mass is 10.1. The molecule has 2 aromatic carbocycles. The molecule has 1 aliphatic rings. The molecule has 12 heteroatoms. The highest BCUT2D eigenvalue weighted by Gasteiger charge is 2.32. The van der Waals surface area contributed by atoms with Crippen LogP contribution in [0.4, 0.5) is 24.5 Å². The molecule has 8 nitrogen and oxygen atoms in total. The van der Waals surface area contributed by atoms with E-state index in [1.807, 2.05) is 4.90 Å². The van der Waals surface area contributed by atoms with E-state index in [0.29, 0.717) is 37.7 Å². The lowest BCUT2D eigenvalue weighted by Gasteiger charge is -2.31. The van der Waals surface area contributed by atoms with Gasteiger partial charge in [0.25, 0.3) is 5.91 Å². The maximum absolute atomic E-state index is 13.3. The maximum Gasteiger partial charge on any atom is 0.416 e. The first-order valence-corrected chi connectivity index (χ1v) is 10.5. The number of thiocarbonyl (C=S) groups is 1. The summed E-state index contributed by atoms with van der Waals surface area (Å²) in [5.74, 6) is 0.217. The van der Waals surface area contributed by atoms with Gasteiger partial charge in [0.1, 0.15) is 0 Å². The van der Waals surface area contributed by atoms with Crippen molar-refractivity contribution in [1.82, 2.24) is 5.32 Å². The van der Waals surface area contributed by atoms with Crippen molar-refractivity contribution in [2.24, 2.45) is 0 Å². The molecule has 1 heterocycles. The second-order valence-electron chi connectivity index (χ2n) is 7.15. The third-order valence-electron chi connectivity index (χ3n) is 5.08. The van der Waals surface area contributed by atoms with Gasteiger partial charge in [0, 0.05) is 18.7 Å². The van der Waals surface area contributed by atoms with Crippen LogP contribution in [0.5, 0.6) is 17.2 Å². The molecular weight excluding hydrogens is 475 g/mol. The van der Waals surface area contributed by atoms with Crippen LogP contribution in [0.1, 0.15) is 15.9 Å². The van der Waals surface area contributed by atoms with Crippen molar-refractivity contribution in [3.05, 3.63) is 41.5 Å². The molecule has 0 aromatic heterocycles. The summed E-state index contributed by atoms with van der Waals surface area (Å²) in [4.78, 5) is 14.7. The average Bonchev–Trinajstić information content (AvgIpc) is 2.82. The molecular formula is C22H24F3N3O5S. The van der Waals surface area contributed by atoms with E-state index in [-0.39, 0.29) is 27.9 Å². The third-order valence-corrected chi connectivity index (χ3v) is 5.28. The van der Waals surface area contributed by atoms with Crippen molar-refractivity contribution in [2.45, 2.75) is 6.18 Å². The Labute approximate surface area is 199 Å². The number of morpholine rings is 1. The van der Waals surface area contributed by atoms with Gasteiger partial charge in [0.05, 0.1) is 51.5 Å². The van der Waals surface area contributed by atoms with E-state index in [4.69, 9.17) is 31.2 Å². The van der Waals surface area contributed by atoms with Crippen molar-refractivity contribution in [1.29, 1.82) is 0 Å². The SMILES string of the molecule is COc1cc(C(=O)NC(=S)Nc2cc(C(F)(F)F)ccc2N2CCOCC2)cc(OC)c1OC. The molecule has 0 saturated carbocycles. The number of carbonyl (C=O) groups excluding carboxylic acids is 1. The molecule has 1 aliphatic heterocycles. The lowest BCUT2D eigenvalue weighted by molar-refractivity contribution is -0.137. The van der Waals surface area contributed by atoms with Gasteiger partial charge in [-0.3, -0.25) is 10.1 Å². The molecule has 0 radical (unpaired) electrons. The van der Waals surface area contributed by atoms with E-state index in [1.54, 1.807) is 0 Å². The standard InChI is InChI=1S/C22H24F3N3O5S/c1-30-17-10-13(11-18(31-2)19(17)32-3)20(29)27-21(34)26-15-12-14(22(23,24)25)4-5-16(15)28-6-8-33-9-7-28/h4-5,10-12H,6-9H2,1-3H3,(H2,26,27,29,34).